The van der Waals surface area contributed by atoms with Crippen molar-refractivity contribution in [1.82, 2.24) is 0 Å². The van der Waals surface area contributed by atoms with Crippen LogP contribution >= 0.6 is 0 Å². The number of carbonyl (C=O) groups is 3. The van der Waals surface area contributed by atoms with E-state index in [0.29, 0.717) is 19.3 Å². The highest BCUT2D eigenvalue weighted by atomic mass is 16.6. The maximum atomic E-state index is 12.9. The SMILES string of the molecule is CC/C=C\C/C=C\C/C=C\C/C=C\C/C=C\C/C=C\C/C=C\C/C=C\C/C=C\CCCC(=O)OCC(COC(=O)CCCCCCC/C=C\C/C=C\CCCCCC)OC(=O)CCCCCCCCC/C=C\C/C=C\CCCCC. The largest absolute Gasteiger partial charge is 0.462 e. The number of ether oxygens (including phenoxy) is 3. The molecule has 0 aliphatic carbocycles. The number of carbonyl (C=O) groups excluding carboxylic acids is 3. The number of rotatable bonds is 57. The molecule has 0 N–H and O–H groups in total. The molecule has 0 radical (unpaired) electrons. The lowest BCUT2D eigenvalue weighted by Gasteiger charge is -2.18. The van der Waals surface area contributed by atoms with Crippen LogP contribution in [0.15, 0.2) is 158 Å². The van der Waals surface area contributed by atoms with Crippen molar-refractivity contribution < 1.29 is 28.6 Å². The first kappa shape index (κ1) is 75.0. The lowest BCUT2D eigenvalue weighted by atomic mass is 10.1. The van der Waals surface area contributed by atoms with Crippen LogP contribution < -0.4 is 0 Å². The highest BCUT2D eigenvalue weighted by Gasteiger charge is 2.19. The van der Waals surface area contributed by atoms with Gasteiger partial charge in [-0.2, -0.15) is 0 Å². The van der Waals surface area contributed by atoms with E-state index in [1.54, 1.807) is 0 Å². The molecule has 0 rings (SSSR count). The average Bonchev–Trinajstić information content (AvgIpc) is 3.46. The third kappa shape index (κ3) is 63.9. The topological polar surface area (TPSA) is 78.9 Å². The second-order valence-corrected chi connectivity index (χ2v) is 20.9. The predicted octanol–water partition coefficient (Wildman–Crippen LogP) is 22.5. The molecule has 0 saturated heterocycles. The summed E-state index contributed by atoms with van der Waals surface area (Å²) in [6.07, 6.45) is 96.7. The molecule has 1 unspecified atom stereocenters. The minimum absolute atomic E-state index is 0.112. The van der Waals surface area contributed by atoms with Crippen LogP contribution in [0.5, 0.6) is 0 Å². The van der Waals surface area contributed by atoms with E-state index in [9.17, 15) is 14.4 Å². The zero-order valence-corrected chi connectivity index (χ0v) is 51.5. The molecular formula is C74H118O6. The minimum atomic E-state index is -0.821. The van der Waals surface area contributed by atoms with Crippen LogP contribution in [0.4, 0.5) is 0 Å². The summed E-state index contributed by atoms with van der Waals surface area (Å²) >= 11 is 0. The first-order chi connectivity index (χ1) is 39.5. The molecule has 6 heteroatoms. The van der Waals surface area contributed by atoms with Gasteiger partial charge in [-0.25, -0.2) is 0 Å². The molecule has 450 valence electrons. The fourth-order valence-corrected chi connectivity index (χ4v) is 8.39. The smallest absolute Gasteiger partial charge is 0.306 e. The summed E-state index contributed by atoms with van der Waals surface area (Å²) in [6, 6.07) is 0. The summed E-state index contributed by atoms with van der Waals surface area (Å²) in [4.78, 5) is 38.3. The van der Waals surface area contributed by atoms with E-state index in [1.807, 2.05) is 0 Å². The van der Waals surface area contributed by atoms with Crippen molar-refractivity contribution in [3.63, 3.8) is 0 Å². The van der Waals surface area contributed by atoms with Gasteiger partial charge in [0.05, 0.1) is 0 Å². The molecule has 80 heavy (non-hydrogen) atoms. The summed E-state index contributed by atoms with van der Waals surface area (Å²) in [5, 5.41) is 0. The van der Waals surface area contributed by atoms with E-state index in [-0.39, 0.29) is 37.5 Å². The van der Waals surface area contributed by atoms with Gasteiger partial charge >= 0.3 is 17.9 Å². The Morgan fingerprint density at radius 3 is 0.838 bits per heavy atom. The molecule has 0 bridgehead atoms. The van der Waals surface area contributed by atoms with Gasteiger partial charge in [-0.1, -0.05) is 262 Å². The van der Waals surface area contributed by atoms with Crippen molar-refractivity contribution in [2.75, 3.05) is 13.2 Å². The molecule has 0 fully saturated rings. The summed E-state index contributed by atoms with van der Waals surface area (Å²) in [5.41, 5.74) is 0. The molecule has 0 aromatic heterocycles. The van der Waals surface area contributed by atoms with E-state index in [2.05, 4.69) is 179 Å². The predicted molar refractivity (Wildman–Crippen MR) is 348 cm³/mol. The Hall–Kier alpha value is -4.97. The minimum Gasteiger partial charge on any atom is -0.462 e. The average molecular weight is 1100 g/mol. The van der Waals surface area contributed by atoms with Crippen LogP contribution in [0.25, 0.3) is 0 Å². The normalized spacial score (nSPS) is 13.2. The molecule has 0 spiro atoms. The maximum Gasteiger partial charge on any atom is 0.306 e. The van der Waals surface area contributed by atoms with Crippen LogP contribution in [0.1, 0.15) is 271 Å². The Balaban J connectivity index is 4.50. The number of hydrogen-bond acceptors (Lipinski definition) is 6. The summed E-state index contributed by atoms with van der Waals surface area (Å²) < 4.78 is 16.9. The van der Waals surface area contributed by atoms with E-state index < -0.39 is 6.10 Å². The van der Waals surface area contributed by atoms with Gasteiger partial charge in [-0.05, 0) is 148 Å². The van der Waals surface area contributed by atoms with Crippen molar-refractivity contribution >= 4 is 17.9 Å². The number of allylic oxidation sites excluding steroid dienone is 26. The Labute approximate surface area is 492 Å². The van der Waals surface area contributed by atoms with Gasteiger partial charge in [0.25, 0.3) is 0 Å². The fourth-order valence-electron chi connectivity index (χ4n) is 8.39. The highest BCUT2D eigenvalue weighted by Crippen LogP contribution is 2.14. The molecule has 1 atom stereocenters. The quantitative estimate of drug-likeness (QED) is 0.0261. The van der Waals surface area contributed by atoms with Crippen molar-refractivity contribution in [3.05, 3.63) is 158 Å². The van der Waals surface area contributed by atoms with Gasteiger partial charge in [-0.3, -0.25) is 14.4 Å². The van der Waals surface area contributed by atoms with E-state index in [4.69, 9.17) is 14.2 Å². The number of hydrogen-bond donors (Lipinski definition) is 0. The van der Waals surface area contributed by atoms with E-state index >= 15 is 0 Å². The molecule has 0 heterocycles. The summed E-state index contributed by atoms with van der Waals surface area (Å²) in [5.74, 6) is -0.997. The van der Waals surface area contributed by atoms with E-state index in [1.165, 1.54) is 83.5 Å². The van der Waals surface area contributed by atoms with Crippen molar-refractivity contribution in [2.45, 2.75) is 277 Å². The Kier molecular flexibility index (Phi) is 62.4. The molecular weight excluding hydrogens is 985 g/mol. The van der Waals surface area contributed by atoms with Gasteiger partial charge < -0.3 is 14.2 Å². The molecule has 0 aromatic rings. The molecule has 0 aromatic carbocycles. The zero-order valence-electron chi connectivity index (χ0n) is 51.5. The van der Waals surface area contributed by atoms with E-state index in [0.717, 1.165) is 141 Å². The van der Waals surface area contributed by atoms with Gasteiger partial charge in [0.2, 0.25) is 0 Å². The number of esters is 3. The lowest BCUT2D eigenvalue weighted by molar-refractivity contribution is -0.167. The fraction of sp³-hybridized carbons (Fsp3) is 0.608. The third-order valence-electron chi connectivity index (χ3n) is 13.2. The lowest BCUT2D eigenvalue weighted by Crippen LogP contribution is -2.30. The van der Waals surface area contributed by atoms with Crippen molar-refractivity contribution in [3.8, 4) is 0 Å². The van der Waals surface area contributed by atoms with Crippen LogP contribution in [0.3, 0.4) is 0 Å². The third-order valence-corrected chi connectivity index (χ3v) is 13.2. The second-order valence-electron chi connectivity index (χ2n) is 20.9. The summed E-state index contributed by atoms with van der Waals surface area (Å²) in [6.45, 7) is 6.42. The molecule has 0 aliphatic rings. The van der Waals surface area contributed by atoms with Gasteiger partial charge in [0.1, 0.15) is 13.2 Å². The zero-order chi connectivity index (χ0) is 57.8. The second kappa shape index (κ2) is 66.5. The standard InChI is InChI=1S/C74H118O6/c1-4-7-10-13-16-19-22-25-28-31-32-33-34-35-36-37-38-39-40-41-42-44-46-49-52-55-58-61-64-67-73(76)79-70-71(69-78-72(75)66-63-60-57-54-51-48-45-30-27-24-21-18-15-12-9-6-3)80-74(77)68-65-62-59-56-53-50-47-43-29-26-23-20-17-14-11-8-5-2/h7,10,16-17,19-21,24-26,28-30,32-33,35-36,38-39,41-42,45-46,49,55,58,71H,4-6,8-9,11-15,18,22-23,27,31,34,37,40,43-44,47-48,50-54,56-57,59-70H2,1-3H3/b10-7-,19-16-,20-17-,24-21-,28-25-,29-26-,33-32-,36-35-,39-38-,42-41-,45-30-,49-46-,58-55-. The Morgan fingerprint density at radius 1 is 0.263 bits per heavy atom. The monoisotopic (exact) mass is 1100 g/mol. The van der Waals surface area contributed by atoms with Crippen LogP contribution in [0.2, 0.25) is 0 Å². The van der Waals surface area contributed by atoms with Crippen LogP contribution in [-0.4, -0.2) is 37.2 Å². The van der Waals surface area contributed by atoms with Gasteiger partial charge in [0.15, 0.2) is 6.10 Å². The first-order valence-electron chi connectivity index (χ1n) is 32.5. The highest BCUT2D eigenvalue weighted by molar-refractivity contribution is 5.71. The van der Waals surface area contributed by atoms with Crippen LogP contribution in [0, 0.1) is 0 Å². The maximum absolute atomic E-state index is 12.9. The molecule has 6 nitrogen and oxygen atoms in total. The van der Waals surface area contributed by atoms with Gasteiger partial charge in [-0.15, -0.1) is 0 Å². The van der Waals surface area contributed by atoms with Crippen molar-refractivity contribution in [1.29, 1.82) is 0 Å². The molecule has 0 amide bonds. The van der Waals surface area contributed by atoms with Crippen LogP contribution in [-0.2, 0) is 28.6 Å². The Bertz CT molecular complexity index is 1790. The Morgan fingerprint density at radius 2 is 0.500 bits per heavy atom. The van der Waals surface area contributed by atoms with Gasteiger partial charge in [0, 0.05) is 19.3 Å². The summed E-state index contributed by atoms with van der Waals surface area (Å²) in [7, 11) is 0. The van der Waals surface area contributed by atoms with Crippen molar-refractivity contribution in [2.24, 2.45) is 0 Å². The number of unbranched alkanes of at least 4 members (excludes halogenated alkanes) is 20. The first-order valence-corrected chi connectivity index (χ1v) is 32.5. The molecule has 0 saturated carbocycles. The molecule has 0 aliphatic heterocycles.